The van der Waals surface area contributed by atoms with Crippen LogP contribution in [0.1, 0.15) is 31.1 Å². The van der Waals surface area contributed by atoms with Gasteiger partial charge in [-0.2, -0.15) is 5.26 Å². The Labute approximate surface area is 118 Å². The van der Waals surface area contributed by atoms with Crippen LogP contribution in [0.3, 0.4) is 0 Å². The molecular weight excluding hydrogens is 280 g/mol. The van der Waals surface area contributed by atoms with Crippen LogP contribution in [0.2, 0.25) is 0 Å². The molecule has 0 bridgehead atoms. The van der Waals surface area contributed by atoms with E-state index in [4.69, 9.17) is 5.26 Å². The minimum absolute atomic E-state index is 0.0595. The van der Waals surface area contributed by atoms with Gasteiger partial charge in [0.25, 0.3) is 0 Å². The third-order valence-electron chi connectivity index (χ3n) is 2.11. The van der Waals surface area contributed by atoms with Gasteiger partial charge in [-0.05, 0) is 45.0 Å². The van der Waals surface area contributed by atoms with Crippen molar-refractivity contribution in [1.29, 1.82) is 5.26 Å². The maximum absolute atomic E-state index is 12.0. The van der Waals surface area contributed by atoms with Crippen LogP contribution >= 0.6 is 0 Å². The summed E-state index contributed by atoms with van der Waals surface area (Å²) >= 11 is 0. The number of nitrogens with zero attached hydrogens (tertiary/aromatic N) is 1. The molecule has 108 valence electrons. The average Bonchev–Trinajstić information content (AvgIpc) is 2.33. The maximum atomic E-state index is 12.0. The monoisotopic (exact) mass is 296 g/mol. The topological polar surface area (TPSA) is 96.3 Å². The number of hydrogen-bond donors (Lipinski definition) is 1. The van der Waals surface area contributed by atoms with Crippen molar-refractivity contribution < 1.29 is 17.9 Å². The highest BCUT2D eigenvalue weighted by Crippen LogP contribution is 2.14. The number of rotatable bonds is 4. The fraction of sp³-hybridized carbons (Fsp3) is 0.385. The number of ether oxygens (including phenoxy) is 1. The highest BCUT2D eigenvalue weighted by Gasteiger charge is 2.22. The zero-order chi connectivity index (χ0) is 15.4. The van der Waals surface area contributed by atoms with E-state index in [0.717, 1.165) is 0 Å². The molecule has 0 fully saturated rings. The summed E-state index contributed by atoms with van der Waals surface area (Å²) in [6.07, 6.45) is 0. The summed E-state index contributed by atoms with van der Waals surface area (Å²) in [4.78, 5) is 11.5. The van der Waals surface area contributed by atoms with Crippen LogP contribution in [0.5, 0.6) is 0 Å². The largest absolute Gasteiger partial charge is 0.447 e. The fourth-order valence-corrected chi connectivity index (χ4v) is 2.83. The number of carbonyl (C=O) groups is 1. The molecule has 1 aromatic carbocycles. The molecule has 0 heterocycles. The second kappa shape index (κ2) is 6.03. The Morgan fingerprint density at radius 2 is 1.85 bits per heavy atom. The Hall–Kier alpha value is -1.91. The first kappa shape index (κ1) is 16.1. The van der Waals surface area contributed by atoms with E-state index in [9.17, 15) is 13.2 Å². The van der Waals surface area contributed by atoms with Crippen LogP contribution < -0.4 is 4.72 Å². The molecule has 0 aromatic heterocycles. The average molecular weight is 296 g/mol. The lowest BCUT2D eigenvalue weighted by molar-refractivity contribution is 0.0555. The van der Waals surface area contributed by atoms with Gasteiger partial charge in [-0.15, -0.1) is 0 Å². The lowest BCUT2D eigenvalue weighted by Gasteiger charge is -2.20. The number of esters is 1. The van der Waals surface area contributed by atoms with Crippen LogP contribution in [-0.2, 0) is 14.8 Å². The quantitative estimate of drug-likeness (QED) is 0.848. The van der Waals surface area contributed by atoms with E-state index < -0.39 is 21.5 Å². The Morgan fingerprint density at radius 3 is 2.30 bits per heavy atom. The van der Waals surface area contributed by atoms with E-state index in [1.54, 1.807) is 26.8 Å². The first-order chi connectivity index (χ1) is 9.15. The van der Waals surface area contributed by atoms with Crippen LogP contribution in [-0.4, -0.2) is 26.5 Å². The number of carbonyl (C=O) groups excluding carboxylic acids is 1. The van der Waals surface area contributed by atoms with Gasteiger partial charge in [0.2, 0.25) is 10.0 Å². The Balaban J connectivity index is 2.92. The first-order valence-electron chi connectivity index (χ1n) is 5.84. The Morgan fingerprint density at radius 1 is 1.30 bits per heavy atom. The van der Waals surface area contributed by atoms with Crippen molar-refractivity contribution in [3.05, 3.63) is 29.8 Å². The van der Waals surface area contributed by atoms with E-state index in [1.807, 2.05) is 0 Å². The van der Waals surface area contributed by atoms with Crippen molar-refractivity contribution in [3.63, 3.8) is 0 Å². The van der Waals surface area contributed by atoms with Gasteiger partial charge >= 0.3 is 5.97 Å². The summed E-state index contributed by atoms with van der Waals surface area (Å²) in [6.45, 7) is 4.86. The van der Waals surface area contributed by atoms with Gasteiger partial charge in [-0.25, -0.2) is 17.9 Å². The number of hydrogen-bond acceptors (Lipinski definition) is 5. The van der Waals surface area contributed by atoms with Gasteiger partial charge in [0, 0.05) is 5.54 Å². The highest BCUT2D eigenvalue weighted by atomic mass is 32.2. The number of nitriles is 1. The molecule has 20 heavy (non-hydrogen) atoms. The molecule has 1 rings (SSSR count). The highest BCUT2D eigenvalue weighted by molar-refractivity contribution is 7.89. The third-order valence-corrected chi connectivity index (χ3v) is 3.88. The second-order valence-electron chi connectivity index (χ2n) is 5.11. The molecule has 0 radical (unpaired) electrons. The van der Waals surface area contributed by atoms with E-state index in [1.165, 1.54) is 24.3 Å². The van der Waals surface area contributed by atoms with Crippen molar-refractivity contribution in [3.8, 4) is 6.07 Å². The third kappa shape index (κ3) is 4.64. The van der Waals surface area contributed by atoms with E-state index in [-0.39, 0.29) is 17.1 Å². The van der Waals surface area contributed by atoms with Crippen LogP contribution in [0, 0.1) is 11.3 Å². The van der Waals surface area contributed by atoms with Gasteiger partial charge in [0.1, 0.15) is 6.07 Å². The normalized spacial score (nSPS) is 11.7. The van der Waals surface area contributed by atoms with E-state index in [2.05, 4.69) is 9.46 Å². The van der Waals surface area contributed by atoms with Gasteiger partial charge < -0.3 is 4.74 Å². The van der Waals surface area contributed by atoms with E-state index >= 15 is 0 Å². The summed E-state index contributed by atoms with van der Waals surface area (Å²) in [6, 6.07) is 7.00. The zero-order valence-corrected chi connectivity index (χ0v) is 12.3. The molecule has 0 unspecified atom stereocenters. The lowest BCUT2D eigenvalue weighted by Crippen LogP contribution is -2.40. The van der Waals surface area contributed by atoms with Gasteiger partial charge in [-0.3, -0.25) is 0 Å². The molecule has 0 aliphatic heterocycles. The smallest absolute Gasteiger partial charge is 0.339 e. The van der Waals surface area contributed by atoms with Crippen molar-refractivity contribution in [1.82, 2.24) is 4.72 Å². The summed E-state index contributed by atoms with van der Waals surface area (Å²) < 4.78 is 31.2. The van der Waals surface area contributed by atoms with Crippen molar-refractivity contribution in [2.75, 3.05) is 6.61 Å². The minimum atomic E-state index is -3.63. The molecule has 0 spiro atoms. The SMILES string of the molecule is CC(C)(C)NS(=O)(=O)c1ccc(C(=O)OCC#N)cc1. The summed E-state index contributed by atoms with van der Waals surface area (Å²) in [5.74, 6) is -0.667. The molecule has 1 N–H and O–H groups in total. The minimum Gasteiger partial charge on any atom is -0.447 e. The van der Waals surface area contributed by atoms with Crippen LogP contribution in [0.25, 0.3) is 0 Å². The number of sulfonamides is 1. The Bertz CT molecular complexity index is 622. The van der Waals surface area contributed by atoms with Gasteiger partial charge in [-0.1, -0.05) is 0 Å². The summed E-state index contributed by atoms with van der Waals surface area (Å²) in [5.41, 5.74) is -0.404. The zero-order valence-electron chi connectivity index (χ0n) is 11.5. The van der Waals surface area contributed by atoms with E-state index in [0.29, 0.717) is 0 Å². The summed E-state index contributed by atoms with van der Waals surface area (Å²) in [5, 5.41) is 8.31. The molecule has 0 atom stereocenters. The second-order valence-corrected chi connectivity index (χ2v) is 6.80. The molecule has 7 heteroatoms. The molecule has 0 aliphatic carbocycles. The molecule has 0 amide bonds. The Kier molecular flexibility index (Phi) is 4.87. The van der Waals surface area contributed by atoms with Crippen molar-refractivity contribution in [2.45, 2.75) is 31.2 Å². The van der Waals surface area contributed by atoms with Gasteiger partial charge in [0.15, 0.2) is 6.61 Å². The van der Waals surface area contributed by atoms with Crippen LogP contribution in [0.15, 0.2) is 29.2 Å². The molecular formula is C13H16N2O4S. The fourth-order valence-electron chi connectivity index (χ4n) is 1.41. The molecule has 0 aliphatic rings. The maximum Gasteiger partial charge on any atom is 0.339 e. The van der Waals surface area contributed by atoms with Gasteiger partial charge in [0.05, 0.1) is 10.5 Å². The molecule has 0 saturated carbocycles. The number of benzene rings is 1. The van der Waals surface area contributed by atoms with Crippen molar-refractivity contribution >= 4 is 16.0 Å². The lowest BCUT2D eigenvalue weighted by atomic mass is 10.1. The summed E-state index contributed by atoms with van der Waals surface area (Å²) in [7, 11) is -3.63. The number of nitrogens with one attached hydrogen (secondary N) is 1. The molecule has 0 saturated heterocycles. The first-order valence-corrected chi connectivity index (χ1v) is 7.32. The predicted octanol–water partition coefficient (Wildman–Crippen LogP) is 1.44. The standard InChI is InChI=1S/C13H16N2O4S/c1-13(2,3)15-20(17,18)11-6-4-10(5-7-11)12(16)19-9-8-14/h4-7,15H,9H2,1-3H3. The predicted molar refractivity (Wildman–Crippen MR) is 72.4 cm³/mol. The van der Waals surface area contributed by atoms with Crippen molar-refractivity contribution in [2.24, 2.45) is 0 Å². The van der Waals surface area contributed by atoms with Crippen LogP contribution in [0.4, 0.5) is 0 Å². The molecule has 6 nitrogen and oxygen atoms in total. The molecule has 1 aromatic rings.